The minimum absolute atomic E-state index is 0.0219. The Hall–Kier alpha value is -3.32. The molecular weight excluding hydrogens is 564 g/mol. The predicted octanol–water partition coefficient (Wildman–Crippen LogP) is 5.85. The van der Waals surface area contributed by atoms with Gasteiger partial charge in [-0.1, -0.05) is 6.07 Å². The number of carbonyl (C=O) groups excluding carboxylic acids is 2. The number of carbonyl (C=O) groups is 2. The Labute approximate surface area is 246 Å². The topological polar surface area (TPSA) is 134 Å². The summed E-state index contributed by atoms with van der Waals surface area (Å²) in [5, 5.41) is 20.3. The zero-order valence-electron chi connectivity index (χ0n) is 23.1. The van der Waals surface area contributed by atoms with E-state index in [1.807, 2.05) is 24.4 Å². The molecule has 2 aromatic heterocycles. The number of thiophene rings is 2. The number of hydrogen-bond acceptors (Lipinski definition) is 12. The molecule has 12 heteroatoms. The Morgan fingerprint density at radius 3 is 2.68 bits per heavy atom. The van der Waals surface area contributed by atoms with E-state index in [4.69, 9.17) is 19.7 Å². The van der Waals surface area contributed by atoms with Gasteiger partial charge in [-0.15, -0.1) is 22.7 Å². The summed E-state index contributed by atoms with van der Waals surface area (Å²) in [5.74, 6) is 0.191. The minimum atomic E-state index is -1.79. The zero-order valence-corrected chi connectivity index (χ0v) is 24.7. The predicted molar refractivity (Wildman–Crippen MR) is 157 cm³/mol. The van der Waals surface area contributed by atoms with Crippen LogP contribution in [0.2, 0.25) is 0 Å². The second kappa shape index (κ2) is 12.7. The summed E-state index contributed by atoms with van der Waals surface area (Å²) in [5.41, 5.74) is 6.91. The van der Waals surface area contributed by atoms with Gasteiger partial charge in [0.1, 0.15) is 17.5 Å². The molecule has 0 spiro atoms. The first-order valence-corrected chi connectivity index (χ1v) is 15.3. The van der Waals surface area contributed by atoms with Crippen molar-refractivity contribution in [3.05, 3.63) is 55.9 Å². The number of hydrogen-bond donors (Lipinski definition) is 3. The number of fused-ring (bicyclic) bond motifs is 1. The number of aryl methyl sites for hydroxylation is 1. The van der Waals surface area contributed by atoms with Crippen LogP contribution in [0.1, 0.15) is 57.1 Å². The van der Waals surface area contributed by atoms with E-state index in [0.717, 1.165) is 43.5 Å². The van der Waals surface area contributed by atoms with Crippen molar-refractivity contribution in [2.24, 2.45) is 5.11 Å². The molecule has 5 rings (SSSR count). The van der Waals surface area contributed by atoms with Crippen molar-refractivity contribution in [3.63, 3.8) is 0 Å². The Bertz CT molecular complexity index is 1390. The Kier molecular flexibility index (Phi) is 9.03. The monoisotopic (exact) mass is 598 g/mol. The molecule has 0 radical (unpaired) electrons. The molecular formula is C29H34N4O6S2. The lowest BCUT2D eigenvalue weighted by atomic mass is 9.91. The van der Waals surface area contributed by atoms with Gasteiger partial charge in [0.2, 0.25) is 12.4 Å². The quantitative estimate of drug-likeness (QED) is 0.102. The molecule has 3 heterocycles. The van der Waals surface area contributed by atoms with Gasteiger partial charge in [-0.05, 0) is 82.3 Å². The fourth-order valence-electron chi connectivity index (χ4n) is 5.43. The molecule has 3 N–H and O–H groups in total. The van der Waals surface area contributed by atoms with Crippen LogP contribution in [0.3, 0.4) is 0 Å². The van der Waals surface area contributed by atoms with Gasteiger partial charge in [0.05, 0.1) is 15.3 Å². The van der Waals surface area contributed by atoms with Crippen LogP contribution in [-0.4, -0.2) is 61.3 Å². The van der Waals surface area contributed by atoms with Gasteiger partial charge >= 0.3 is 5.97 Å². The lowest BCUT2D eigenvalue weighted by Crippen LogP contribution is -2.42. The van der Waals surface area contributed by atoms with Crippen molar-refractivity contribution < 1.29 is 28.9 Å². The van der Waals surface area contributed by atoms with Crippen molar-refractivity contribution in [1.82, 2.24) is 4.90 Å². The van der Waals surface area contributed by atoms with Crippen LogP contribution in [-0.2, 0) is 15.1 Å². The fourth-order valence-corrected chi connectivity index (χ4v) is 7.28. The number of anilines is 1. The highest BCUT2D eigenvalue weighted by molar-refractivity contribution is 7.13. The summed E-state index contributed by atoms with van der Waals surface area (Å²) in [6, 6.07) is 9.21. The Morgan fingerprint density at radius 1 is 1.24 bits per heavy atom. The summed E-state index contributed by atoms with van der Waals surface area (Å²) in [4.78, 5) is 29.2. The molecule has 218 valence electrons. The summed E-state index contributed by atoms with van der Waals surface area (Å²) in [6.45, 7) is 3.44. The number of ether oxygens (including phenoxy) is 3. The van der Waals surface area contributed by atoms with Crippen LogP contribution in [0, 0.1) is 12.5 Å². The third-order valence-electron chi connectivity index (χ3n) is 7.70. The van der Waals surface area contributed by atoms with Gasteiger partial charge in [0.25, 0.3) is 0 Å². The number of esters is 1. The SMILES string of the molecule is Cc1ccc([C@@](O)(C(=O)OC2CCC(N(C)CCCNc3c(N=N)cc(C=O)c4c3OCO4)CC2)c2cccs2)s1. The summed E-state index contributed by atoms with van der Waals surface area (Å²) < 4.78 is 16.9. The molecule has 0 bridgehead atoms. The van der Waals surface area contributed by atoms with E-state index in [9.17, 15) is 14.7 Å². The molecule has 1 aromatic carbocycles. The average Bonchev–Trinajstić information content (AvgIpc) is 3.77. The maximum atomic E-state index is 13.4. The Morgan fingerprint density at radius 2 is 2.02 bits per heavy atom. The number of nitrogens with zero attached hydrogens (tertiary/aromatic N) is 2. The second-order valence-electron chi connectivity index (χ2n) is 10.3. The first kappa shape index (κ1) is 29.2. The van der Waals surface area contributed by atoms with E-state index >= 15 is 0 Å². The maximum absolute atomic E-state index is 13.4. The van der Waals surface area contributed by atoms with Gasteiger partial charge in [-0.3, -0.25) is 4.79 Å². The molecule has 1 fully saturated rings. The number of aldehydes is 1. The average molecular weight is 599 g/mol. The number of rotatable bonds is 12. The first-order valence-electron chi connectivity index (χ1n) is 13.6. The van der Waals surface area contributed by atoms with E-state index in [2.05, 4.69) is 22.4 Å². The molecule has 41 heavy (non-hydrogen) atoms. The highest BCUT2D eigenvalue weighted by atomic mass is 32.1. The molecule has 1 aliphatic carbocycles. The van der Waals surface area contributed by atoms with E-state index in [1.54, 1.807) is 12.1 Å². The first-order chi connectivity index (χ1) is 19.8. The number of benzene rings is 1. The van der Waals surface area contributed by atoms with Gasteiger partial charge in [0.15, 0.2) is 17.8 Å². The summed E-state index contributed by atoms with van der Waals surface area (Å²) in [6.07, 6.45) is 4.55. The van der Waals surface area contributed by atoms with Crippen LogP contribution in [0.15, 0.2) is 40.8 Å². The highest BCUT2D eigenvalue weighted by Gasteiger charge is 2.45. The highest BCUT2D eigenvalue weighted by Crippen LogP contribution is 2.47. The van der Waals surface area contributed by atoms with Crippen LogP contribution in [0.25, 0.3) is 0 Å². The van der Waals surface area contributed by atoms with Crippen LogP contribution in [0.4, 0.5) is 11.4 Å². The molecule has 2 aliphatic rings. The third-order valence-corrected chi connectivity index (χ3v) is 9.79. The third kappa shape index (κ3) is 6.01. The van der Waals surface area contributed by atoms with E-state index in [1.165, 1.54) is 28.7 Å². The van der Waals surface area contributed by atoms with Gasteiger partial charge in [0, 0.05) is 17.5 Å². The standard InChI is InChI=1S/C29H34N4O6S2/c1-18-6-11-24(41-18)29(36,23-5-3-14-40-23)28(35)39-21-9-7-20(8-10-21)33(2)13-4-12-31-25-22(32-30)15-19(16-34)26-27(25)38-17-37-26/h3,5-6,11,14-16,20-21,30-31,36H,4,7-10,12-13,17H2,1-2H3/t20?,21?,29-/m1/s1. The lowest BCUT2D eigenvalue weighted by molar-refractivity contribution is -0.169. The summed E-state index contributed by atoms with van der Waals surface area (Å²) >= 11 is 2.76. The van der Waals surface area contributed by atoms with Crippen LogP contribution >= 0.6 is 22.7 Å². The Balaban J connectivity index is 1.11. The molecule has 0 unspecified atom stereocenters. The molecule has 1 aliphatic heterocycles. The van der Waals surface area contributed by atoms with Gasteiger partial charge in [-0.25, -0.2) is 10.3 Å². The van der Waals surface area contributed by atoms with E-state index < -0.39 is 11.6 Å². The van der Waals surface area contributed by atoms with Gasteiger partial charge < -0.3 is 29.5 Å². The zero-order chi connectivity index (χ0) is 29.0. The number of aliphatic hydroxyl groups is 1. The van der Waals surface area contributed by atoms with E-state index in [0.29, 0.717) is 57.1 Å². The largest absolute Gasteiger partial charge is 0.460 e. The number of nitrogens with one attached hydrogen (secondary N) is 2. The minimum Gasteiger partial charge on any atom is -0.460 e. The normalized spacial score (nSPS) is 19.5. The van der Waals surface area contributed by atoms with Crippen LogP contribution in [0.5, 0.6) is 11.5 Å². The van der Waals surface area contributed by atoms with Crippen molar-refractivity contribution in [3.8, 4) is 11.5 Å². The summed E-state index contributed by atoms with van der Waals surface area (Å²) in [7, 11) is 2.10. The van der Waals surface area contributed by atoms with Crippen molar-refractivity contribution >= 4 is 46.3 Å². The fraction of sp³-hybridized carbons (Fsp3) is 0.448. The van der Waals surface area contributed by atoms with Crippen molar-refractivity contribution in [1.29, 1.82) is 5.53 Å². The van der Waals surface area contributed by atoms with E-state index in [-0.39, 0.29) is 12.9 Å². The van der Waals surface area contributed by atoms with Crippen molar-refractivity contribution in [2.45, 2.75) is 56.8 Å². The lowest BCUT2D eigenvalue weighted by Gasteiger charge is -2.35. The molecule has 1 atom stereocenters. The van der Waals surface area contributed by atoms with Crippen LogP contribution < -0.4 is 14.8 Å². The second-order valence-corrected chi connectivity index (χ2v) is 12.6. The molecule has 10 nitrogen and oxygen atoms in total. The van der Waals surface area contributed by atoms with Gasteiger partial charge in [-0.2, -0.15) is 5.11 Å². The molecule has 1 saturated carbocycles. The maximum Gasteiger partial charge on any atom is 0.349 e. The smallest absolute Gasteiger partial charge is 0.349 e. The molecule has 3 aromatic rings. The van der Waals surface area contributed by atoms with Crippen molar-refractivity contribution in [2.75, 3.05) is 32.2 Å². The molecule has 0 saturated heterocycles. The molecule has 0 amide bonds.